The Morgan fingerprint density at radius 1 is 0.609 bits per heavy atom. The van der Waals surface area contributed by atoms with E-state index in [9.17, 15) is 0 Å². The summed E-state index contributed by atoms with van der Waals surface area (Å²) in [6.07, 6.45) is 15.6. The van der Waals surface area contributed by atoms with E-state index in [0.29, 0.717) is 0 Å². The lowest BCUT2D eigenvalue weighted by molar-refractivity contribution is 0.260. The van der Waals surface area contributed by atoms with Crippen LogP contribution in [0.1, 0.15) is 90.9 Å². The molecule has 1 aromatic heterocycles. The van der Waals surface area contributed by atoms with Crippen molar-refractivity contribution in [3.05, 3.63) is 10.8 Å². The Kier molecular flexibility index (Phi) is 13.1. The van der Waals surface area contributed by atoms with Gasteiger partial charge in [-0.2, -0.15) is 0 Å². The average molecular weight is 341 g/mol. The molecule has 0 aromatic carbocycles. The third-order valence-electron chi connectivity index (χ3n) is 4.10. The van der Waals surface area contributed by atoms with Crippen molar-refractivity contribution < 1.29 is 9.47 Å². The minimum absolute atomic E-state index is 0.816. The summed E-state index contributed by atoms with van der Waals surface area (Å²) in [7, 11) is 0. The van der Waals surface area contributed by atoms with Gasteiger partial charge in [0.15, 0.2) is 11.5 Å². The Morgan fingerprint density at radius 3 is 1.43 bits per heavy atom. The van der Waals surface area contributed by atoms with Crippen LogP contribution in [-0.2, 0) is 0 Å². The monoisotopic (exact) mass is 340 g/mol. The summed E-state index contributed by atoms with van der Waals surface area (Å²) in [5.41, 5.74) is 0. The third kappa shape index (κ3) is 10.6. The Bertz CT molecular complexity index is 330. The van der Waals surface area contributed by atoms with Crippen LogP contribution in [0.25, 0.3) is 0 Å². The minimum Gasteiger partial charge on any atom is -0.489 e. The topological polar surface area (TPSA) is 18.5 Å². The highest BCUT2D eigenvalue weighted by Gasteiger charge is 2.06. The molecule has 1 aromatic rings. The smallest absolute Gasteiger partial charge is 0.171 e. The summed E-state index contributed by atoms with van der Waals surface area (Å²) in [6.45, 7) is 6.14. The molecule has 134 valence electrons. The summed E-state index contributed by atoms with van der Waals surface area (Å²) in [5, 5.41) is 4.13. The summed E-state index contributed by atoms with van der Waals surface area (Å²) in [5.74, 6) is 1.88. The average Bonchev–Trinajstić information content (AvgIpc) is 3.00. The minimum atomic E-state index is 0.816. The highest BCUT2D eigenvalue weighted by molar-refractivity contribution is 7.08. The molecule has 0 spiro atoms. The van der Waals surface area contributed by atoms with E-state index in [1.54, 1.807) is 11.3 Å². The molecule has 3 heteroatoms. The molecule has 0 saturated heterocycles. The predicted octanol–water partition coefficient (Wildman–Crippen LogP) is 7.23. The Balaban J connectivity index is 2.04. The van der Waals surface area contributed by atoms with Gasteiger partial charge in [0.2, 0.25) is 0 Å². The van der Waals surface area contributed by atoms with Crippen molar-refractivity contribution in [3.8, 4) is 11.5 Å². The zero-order valence-electron chi connectivity index (χ0n) is 15.3. The molecule has 0 radical (unpaired) electrons. The Morgan fingerprint density at radius 2 is 1.00 bits per heavy atom. The number of hydrogen-bond donors (Lipinski definition) is 0. The predicted molar refractivity (Wildman–Crippen MR) is 102 cm³/mol. The van der Waals surface area contributed by atoms with Crippen LogP contribution in [0.2, 0.25) is 0 Å². The summed E-state index contributed by atoms with van der Waals surface area (Å²) in [6, 6.07) is 0. The van der Waals surface area contributed by atoms with Crippen molar-refractivity contribution >= 4 is 11.3 Å². The van der Waals surface area contributed by atoms with E-state index in [-0.39, 0.29) is 0 Å². The van der Waals surface area contributed by atoms with Crippen LogP contribution in [0.4, 0.5) is 0 Å². The van der Waals surface area contributed by atoms with Gasteiger partial charge in [0.1, 0.15) is 0 Å². The molecule has 23 heavy (non-hydrogen) atoms. The summed E-state index contributed by atoms with van der Waals surface area (Å²) in [4.78, 5) is 0. The number of ether oxygens (including phenoxy) is 2. The van der Waals surface area contributed by atoms with Crippen molar-refractivity contribution in [1.29, 1.82) is 0 Å². The van der Waals surface area contributed by atoms with Crippen molar-refractivity contribution in [1.82, 2.24) is 0 Å². The maximum Gasteiger partial charge on any atom is 0.171 e. The van der Waals surface area contributed by atoms with E-state index in [1.165, 1.54) is 64.2 Å². The van der Waals surface area contributed by atoms with Gasteiger partial charge in [0.05, 0.1) is 13.2 Å². The third-order valence-corrected chi connectivity index (χ3v) is 4.80. The van der Waals surface area contributed by atoms with Crippen LogP contribution in [0.3, 0.4) is 0 Å². The van der Waals surface area contributed by atoms with Gasteiger partial charge in [0, 0.05) is 10.8 Å². The van der Waals surface area contributed by atoms with Gasteiger partial charge in [-0.3, -0.25) is 0 Å². The van der Waals surface area contributed by atoms with Gasteiger partial charge in [-0.25, -0.2) is 0 Å². The highest BCUT2D eigenvalue weighted by atomic mass is 32.1. The number of rotatable bonds is 16. The largest absolute Gasteiger partial charge is 0.489 e. The van der Waals surface area contributed by atoms with E-state index in [0.717, 1.165) is 37.6 Å². The standard InChI is InChI=1S/C20H36O2S/c1-3-5-7-9-11-13-15-21-19-17-23-18-20(19)22-16-14-12-10-8-6-4-2/h17-18H,3-16H2,1-2H3. The molecule has 0 aliphatic heterocycles. The first-order valence-electron chi connectivity index (χ1n) is 9.70. The summed E-state index contributed by atoms with van der Waals surface area (Å²) < 4.78 is 11.8. The van der Waals surface area contributed by atoms with E-state index in [1.807, 2.05) is 0 Å². The molecule has 0 fully saturated rings. The molecule has 0 atom stereocenters. The van der Waals surface area contributed by atoms with Crippen LogP contribution >= 0.6 is 11.3 Å². The summed E-state index contributed by atoms with van der Waals surface area (Å²) >= 11 is 1.67. The molecule has 0 aliphatic rings. The molecule has 0 amide bonds. The molecule has 0 saturated carbocycles. The van der Waals surface area contributed by atoms with Crippen molar-refractivity contribution in [3.63, 3.8) is 0 Å². The van der Waals surface area contributed by atoms with Crippen molar-refractivity contribution in [2.45, 2.75) is 90.9 Å². The molecule has 0 bridgehead atoms. The Hall–Kier alpha value is -0.700. The first-order valence-corrected chi connectivity index (χ1v) is 10.6. The zero-order valence-corrected chi connectivity index (χ0v) is 16.1. The van der Waals surface area contributed by atoms with Gasteiger partial charge in [-0.1, -0.05) is 78.1 Å². The maximum atomic E-state index is 5.88. The maximum absolute atomic E-state index is 5.88. The van der Waals surface area contributed by atoms with Gasteiger partial charge in [-0.05, 0) is 12.8 Å². The molecular formula is C20H36O2S. The number of thiophene rings is 1. The SMILES string of the molecule is CCCCCCCCOc1cscc1OCCCCCCCC. The van der Waals surface area contributed by atoms with Gasteiger partial charge < -0.3 is 9.47 Å². The van der Waals surface area contributed by atoms with Gasteiger partial charge >= 0.3 is 0 Å². The second kappa shape index (κ2) is 14.9. The van der Waals surface area contributed by atoms with Crippen molar-refractivity contribution in [2.24, 2.45) is 0 Å². The van der Waals surface area contributed by atoms with E-state index >= 15 is 0 Å². The van der Waals surface area contributed by atoms with E-state index in [4.69, 9.17) is 9.47 Å². The Labute approximate surface area is 147 Å². The lowest BCUT2D eigenvalue weighted by Gasteiger charge is -2.09. The lowest BCUT2D eigenvalue weighted by atomic mass is 10.1. The zero-order chi connectivity index (χ0) is 16.6. The van der Waals surface area contributed by atoms with Crippen LogP contribution < -0.4 is 9.47 Å². The fourth-order valence-corrected chi connectivity index (χ4v) is 3.30. The molecule has 0 unspecified atom stereocenters. The molecule has 0 N–H and O–H groups in total. The molecular weight excluding hydrogens is 304 g/mol. The van der Waals surface area contributed by atoms with Crippen LogP contribution in [-0.4, -0.2) is 13.2 Å². The van der Waals surface area contributed by atoms with E-state index < -0.39 is 0 Å². The second-order valence-corrected chi connectivity index (χ2v) is 7.08. The number of unbranched alkanes of at least 4 members (excludes halogenated alkanes) is 10. The molecule has 0 aliphatic carbocycles. The van der Waals surface area contributed by atoms with Gasteiger partial charge in [0.25, 0.3) is 0 Å². The molecule has 2 nitrogen and oxygen atoms in total. The fraction of sp³-hybridized carbons (Fsp3) is 0.800. The molecule has 1 heterocycles. The second-order valence-electron chi connectivity index (χ2n) is 6.33. The van der Waals surface area contributed by atoms with Gasteiger partial charge in [-0.15, -0.1) is 11.3 Å². The van der Waals surface area contributed by atoms with Crippen LogP contribution in [0.5, 0.6) is 11.5 Å². The quantitative estimate of drug-likeness (QED) is 0.296. The highest BCUT2D eigenvalue weighted by Crippen LogP contribution is 2.32. The number of hydrogen-bond acceptors (Lipinski definition) is 3. The normalized spacial score (nSPS) is 10.9. The van der Waals surface area contributed by atoms with Crippen molar-refractivity contribution in [2.75, 3.05) is 13.2 Å². The molecule has 1 rings (SSSR count). The van der Waals surface area contributed by atoms with Crippen LogP contribution in [0.15, 0.2) is 10.8 Å². The van der Waals surface area contributed by atoms with E-state index in [2.05, 4.69) is 24.6 Å². The van der Waals surface area contributed by atoms with Crippen LogP contribution in [0, 0.1) is 0 Å². The first-order chi connectivity index (χ1) is 11.4. The lowest BCUT2D eigenvalue weighted by Crippen LogP contribution is -2.01. The first kappa shape index (κ1) is 20.3. The fourth-order valence-electron chi connectivity index (χ4n) is 2.61.